The molecule has 0 bridgehead atoms. The zero-order valence-corrected chi connectivity index (χ0v) is 22.7. The van der Waals surface area contributed by atoms with Crippen LogP contribution in [-0.4, -0.2) is 47.1 Å². The first kappa shape index (κ1) is 28.6. The Morgan fingerprint density at radius 3 is 2.44 bits per heavy atom. The van der Waals surface area contributed by atoms with Gasteiger partial charge in [-0.2, -0.15) is 0 Å². The van der Waals surface area contributed by atoms with Crippen LogP contribution in [0, 0.1) is 5.92 Å². The summed E-state index contributed by atoms with van der Waals surface area (Å²) in [6.45, 7) is 3.85. The minimum absolute atomic E-state index is 0.0162. The lowest BCUT2D eigenvalue weighted by molar-refractivity contribution is -0.268. The van der Waals surface area contributed by atoms with E-state index in [0.29, 0.717) is 11.4 Å². The first-order valence-corrected chi connectivity index (χ1v) is 13.8. The van der Waals surface area contributed by atoms with Crippen LogP contribution in [0.15, 0.2) is 78.0 Å². The highest BCUT2D eigenvalue weighted by atomic mass is 32.2. The first-order chi connectivity index (χ1) is 19.0. The molecular weight excluding hydrogens is 518 g/mol. The maximum atomic E-state index is 12.1. The van der Waals surface area contributed by atoms with Crippen molar-refractivity contribution in [3.8, 4) is 0 Å². The number of aliphatic hydroxyl groups is 1. The highest BCUT2D eigenvalue weighted by molar-refractivity contribution is 7.99. The van der Waals surface area contributed by atoms with Gasteiger partial charge in [-0.3, -0.25) is 4.79 Å². The van der Waals surface area contributed by atoms with E-state index in [1.807, 2.05) is 54.6 Å². The summed E-state index contributed by atoms with van der Waals surface area (Å²) in [5, 5.41) is 15.5. The fourth-order valence-electron chi connectivity index (χ4n) is 4.17. The molecule has 2 heterocycles. The van der Waals surface area contributed by atoms with Gasteiger partial charge < -0.3 is 30.0 Å². The van der Waals surface area contributed by atoms with Crippen molar-refractivity contribution in [2.75, 3.05) is 24.2 Å². The predicted octanol–water partition coefficient (Wildman–Crippen LogP) is 4.84. The lowest BCUT2D eigenvalue weighted by atomic mass is 9.91. The number of carbonyl (C=O) groups is 2. The molecular formula is C29H33N3O6S. The molecule has 4 atom stereocenters. The summed E-state index contributed by atoms with van der Waals surface area (Å²) in [5.41, 5.74) is 3.22. The standard InChI is InChI=1S/C29H33N3O6S/c1-3-36-26(34)16-31-29(35)32-23-13-11-22(12-14-23)28-37-24(18-39-25-6-4-5-15-30-25)19(2)27(38-28)21-9-7-20(17-33)8-10-21/h4-15,19,24,27-28,33H,3,16-18H2,1-2H3,(H2,31,32,35)/t19-,24+,27+,28+/m0/s1. The molecule has 9 nitrogen and oxygen atoms in total. The van der Waals surface area contributed by atoms with Gasteiger partial charge in [-0.05, 0) is 42.3 Å². The number of ether oxygens (including phenoxy) is 3. The SMILES string of the molecule is CCOC(=O)CNC(=O)Nc1ccc([C@@H]2O[C@H](CSc3ccccn3)[C@H](C)[C@H](c3ccc(CO)cc3)O2)cc1. The van der Waals surface area contributed by atoms with E-state index in [-0.39, 0.29) is 37.9 Å². The number of aliphatic hydroxyl groups excluding tert-OH is 1. The van der Waals surface area contributed by atoms with Crippen molar-refractivity contribution in [3.63, 3.8) is 0 Å². The highest BCUT2D eigenvalue weighted by Crippen LogP contribution is 2.43. The number of aromatic nitrogens is 1. The Morgan fingerprint density at radius 1 is 1.03 bits per heavy atom. The van der Waals surface area contributed by atoms with Gasteiger partial charge in [0.25, 0.3) is 0 Å². The van der Waals surface area contributed by atoms with E-state index in [9.17, 15) is 14.7 Å². The van der Waals surface area contributed by atoms with Crippen molar-refractivity contribution in [3.05, 3.63) is 89.6 Å². The molecule has 10 heteroatoms. The molecule has 39 heavy (non-hydrogen) atoms. The van der Waals surface area contributed by atoms with Gasteiger partial charge in [0.2, 0.25) is 0 Å². The molecule has 4 rings (SSSR count). The van der Waals surface area contributed by atoms with E-state index in [1.54, 1.807) is 37.0 Å². The maximum Gasteiger partial charge on any atom is 0.325 e. The quantitative estimate of drug-likeness (QED) is 0.242. The third-order valence-electron chi connectivity index (χ3n) is 6.30. The van der Waals surface area contributed by atoms with E-state index >= 15 is 0 Å². The number of urea groups is 1. The average molecular weight is 552 g/mol. The van der Waals surface area contributed by atoms with Crippen LogP contribution in [0.2, 0.25) is 0 Å². The van der Waals surface area contributed by atoms with Gasteiger partial charge in [-0.25, -0.2) is 9.78 Å². The summed E-state index contributed by atoms with van der Waals surface area (Å²) in [5.74, 6) is 0.255. The third-order valence-corrected chi connectivity index (χ3v) is 7.33. The Morgan fingerprint density at radius 2 is 1.77 bits per heavy atom. The van der Waals surface area contributed by atoms with E-state index < -0.39 is 18.3 Å². The summed E-state index contributed by atoms with van der Waals surface area (Å²) in [6.07, 6.45) is 0.809. The number of thioether (sulfide) groups is 1. The van der Waals surface area contributed by atoms with Crippen LogP contribution in [0.1, 0.15) is 42.9 Å². The number of rotatable bonds is 10. The summed E-state index contributed by atoms with van der Waals surface area (Å²) in [4.78, 5) is 28.0. The van der Waals surface area contributed by atoms with E-state index in [0.717, 1.165) is 21.7 Å². The van der Waals surface area contributed by atoms with Crippen LogP contribution in [0.4, 0.5) is 10.5 Å². The van der Waals surface area contributed by atoms with Gasteiger partial charge in [0, 0.05) is 29.1 Å². The Kier molecular flexibility index (Phi) is 10.3. The van der Waals surface area contributed by atoms with Crippen molar-refractivity contribution in [1.82, 2.24) is 10.3 Å². The Bertz CT molecular complexity index is 1210. The van der Waals surface area contributed by atoms with Crippen molar-refractivity contribution >= 4 is 29.4 Å². The molecule has 3 N–H and O–H groups in total. The predicted molar refractivity (Wildman–Crippen MR) is 148 cm³/mol. The van der Waals surface area contributed by atoms with E-state index in [1.165, 1.54) is 0 Å². The lowest BCUT2D eigenvalue weighted by Gasteiger charge is -2.41. The Labute approximate surface area is 232 Å². The monoisotopic (exact) mass is 551 g/mol. The largest absolute Gasteiger partial charge is 0.465 e. The Hall–Kier alpha value is -3.44. The summed E-state index contributed by atoms with van der Waals surface area (Å²) in [7, 11) is 0. The second-order valence-electron chi connectivity index (χ2n) is 9.04. The number of pyridine rings is 1. The molecule has 0 aliphatic carbocycles. The van der Waals surface area contributed by atoms with Gasteiger partial charge in [0.1, 0.15) is 6.54 Å². The van der Waals surface area contributed by atoms with Gasteiger partial charge in [0.05, 0.1) is 30.4 Å². The molecule has 0 saturated carbocycles. The van der Waals surface area contributed by atoms with Crippen molar-refractivity contribution in [2.24, 2.45) is 5.92 Å². The molecule has 1 aliphatic heterocycles. The number of carbonyl (C=O) groups excluding carboxylic acids is 2. The number of benzene rings is 2. The van der Waals surface area contributed by atoms with Crippen LogP contribution >= 0.6 is 11.8 Å². The fraction of sp³-hybridized carbons (Fsp3) is 0.345. The highest BCUT2D eigenvalue weighted by Gasteiger charge is 2.38. The van der Waals surface area contributed by atoms with Crippen LogP contribution in [-0.2, 0) is 25.6 Å². The lowest BCUT2D eigenvalue weighted by Crippen LogP contribution is -2.38. The summed E-state index contributed by atoms with van der Waals surface area (Å²) >= 11 is 1.64. The van der Waals surface area contributed by atoms with E-state index in [4.69, 9.17) is 14.2 Å². The summed E-state index contributed by atoms with van der Waals surface area (Å²) < 4.78 is 17.7. The number of amides is 2. The van der Waals surface area contributed by atoms with Crippen molar-refractivity contribution in [2.45, 2.75) is 44.0 Å². The second kappa shape index (κ2) is 14.1. The molecule has 0 spiro atoms. The first-order valence-electron chi connectivity index (χ1n) is 12.8. The maximum absolute atomic E-state index is 12.1. The minimum atomic E-state index is -0.621. The molecule has 206 valence electrons. The zero-order chi connectivity index (χ0) is 27.6. The normalized spacial score (nSPS) is 20.7. The van der Waals surface area contributed by atoms with Crippen LogP contribution in [0.5, 0.6) is 0 Å². The van der Waals surface area contributed by atoms with Gasteiger partial charge in [-0.1, -0.05) is 49.4 Å². The van der Waals surface area contributed by atoms with Gasteiger partial charge >= 0.3 is 12.0 Å². The molecule has 2 amide bonds. The van der Waals surface area contributed by atoms with Crippen molar-refractivity contribution in [1.29, 1.82) is 0 Å². The third kappa shape index (κ3) is 8.03. The molecule has 1 aliphatic rings. The number of hydrogen-bond donors (Lipinski definition) is 3. The molecule has 1 aromatic heterocycles. The number of esters is 1. The number of hydrogen-bond acceptors (Lipinski definition) is 8. The molecule has 0 radical (unpaired) electrons. The van der Waals surface area contributed by atoms with Crippen LogP contribution in [0.3, 0.4) is 0 Å². The fourth-order valence-corrected chi connectivity index (χ4v) is 5.20. The number of nitrogens with zero attached hydrogens (tertiary/aromatic N) is 1. The van der Waals surface area contributed by atoms with Gasteiger partial charge in [0.15, 0.2) is 6.29 Å². The average Bonchev–Trinajstić information content (AvgIpc) is 2.97. The van der Waals surface area contributed by atoms with Crippen molar-refractivity contribution < 1.29 is 28.9 Å². The van der Waals surface area contributed by atoms with Gasteiger partial charge in [-0.15, -0.1) is 11.8 Å². The summed E-state index contributed by atoms with van der Waals surface area (Å²) in [6, 6.07) is 20.3. The smallest absolute Gasteiger partial charge is 0.325 e. The zero-order valence-electron chi connectivity index (χ0n) is 21.9. The van der Waals surface area contributed by atoms with E-state index in [2.05, 4.69) is 22.5 Å². The molecule has 1 saturated heterocycles. The molecule has 2 aromatic carbocycles. The molecule has 3 aromatic rings. The topological polar surface area (TPSA) is 119 Å². The van der Waals surface area contributed by atoms with Crippen LogP contribution < -0.4 is 10.6 Å². The van der Waals surface area contributed by atoms with Crippen LogP contribution in [0.25, 0.3) is 0 Å². The minimum Gasteiger partial charge on any atom is -0.465 e. The second-order valence-corrected chi connectivity index (χ2v) is 10.1. The number of nitrogens with one attached hydrogen (secondary N) is 2. The Balaban J connectivity index is 1.46. The molecule has 1 fully saturated rings. The molecule has 0 unspecified atom stereocenters. The number of anilines is 1.